The summed E-state index contributed by atoms with van der Waals surface area (Å²) in [6.07, 6.45) is 0. The largest absolute Gasteiger partial charge is 0.207 e. The molecule has 0 nitrogen and oxygen atoms in total. The highest BCUT2D eigenvalue weighted by Crippen LogP contribution is 2.34. The summed E-state index contributed by atoms with van der Waals surface area (Å²) in [6.45, 7) is 0. The van der Waals surface area contributed by atoms with Gasteiger partial charge in [-0.2, -0.15) is 0 Å². The second kappa shape index (κ2) is 5.74. The maximum absolute atomic E-state index is 14.0. The quantitative estimate of drug-likeness (QED) is 0.373. The average molecular weight is 368 g/mol. The van der Waals surface area contributed by atoms with E-state index >= 15 is 0 Å². The molecule has 0 aliphatic heterocycles. The fourth-order valence-electron chi connectivity index (χ4n) is 2.28. The average Bonchev–Trinajstić information content (AvgIpc) is 2.50. The van der Waals surface area contributed by atoms with Gasteiger partial charge >= 0.3 is 0 Å². The first-order valence-corrected chi connectivity index (χ1v) is 7.56. The van der Waals surface area contributed by atoms with Gasteiger partial charge in [-0.1, -0.05) is 36.4 Å². The summed E-state index contributed by atoms with van der Waals surface area (Å²) in [6, 6.07) is 15.7. The molecule has 21 heavy (non-hydrogen) atoms. The topological polar surface area (TPSA) is 0 Å². The van der Waals surface area contributed by atoms with Crippen molar-refractivity contribution in [3.05, 3.63) is 81.8 Å². The van der Waals surface area contributed by atoms with Crippen molar-refractivity contribution in [2.24, 2.45) is 0 Å². The molecule has 0 N–H and O–H groups in total. The minimum Gasteiger partial charge on any atom is -0.207 e. The second-order valence-corrected chi connectivity index (χ2v) is 6.05. The van der Waals surface area contributed by atoms with Gasteiger partial charge in [0.1, 0.15) is 11.6 Å². The summed E-state index contributed by atoms with van der Waals surface area (Å²) in [7, 11) is 0. The number of alkyl halides is 1. The number of hydrogen-bond donors (Lipinski definition) is 0. The maximum Gasteiger partial charge on any atom is 0.137 e. The van der Waals surface area contributed by atoms with Crippen molar-refractivity contribution >= 4 is 38.3 Å². The van der Waals surface area contributed by atoms with E-state index in [4.69, 9.17) is 11.6 Å². The Morgan fingerprint density at radius 3 is 2.33 bits per heavy atom. The zero-order valence-electron chi connectivity index (χ0n) is 10.8. The Morgan fingerprint density at radius 2 is 1.57 bits per heavy atom. The first-order valence-electron chi connectivity index (χ1n) is 6.33. The molecule has 0 saturated heterocycles. The molecule has 1 unspecified atom stereocenters. The van der Waals surface area contributed by atoms with Crippen LogP contribution in [0.1, 0.15) is 16.5 Å². The van der Waals surface area contributed by atoms with E-state index < -0.39 is 17.0 Å². The van der Waals surface area contributed by atoms with Gasteiger partial charge in [-0.05, 0) is 50.5 Å². The van der Waals surface area contributed by atoms with Crippen LogP contribution in [0.3, 0.4) is 0 Å². The first kappa shape index (κ1) is 14.5. The van der Waals surface area contributed by atoms with Gasteiger partial charge in [0.2, 0.25) is 0 Å². The number of fused-ring (bicyclic) bond motifs is 1. The number of halogens is 4. The van der Waals surface area contributed by atoms with Crippen molar-refractivity contribution in [3.63, 3.8) is 0 Å². The molecule has 0 saturated carbocycles. The van der Waals surface area contributed by atoms with Crippen molar-refractivity contribution in [2.45, 2.75) is 5.38 Å². The standard InChI is InChI=1S/C17H10BrClF2/c18-14-9-15(20)13(8-16(14)21)17(19)12-6-5-10-3-1-2-4-11(10)7-12/h1-9,17H. The fraction of sp³-hybridized carbons (Fsp3) is 0.0588. The van der Waals surface area contributed by atoms with E-state index in [2.05, 4.69) is 15.9 Å². The SMILES string of the molecule is Fc1cc(C(Cl)c2ccc3ccccc3c2)c(F)cc1Br. The van der Waals surface area contributed by atoms with Crippen LogP contribution in [0.15, 0.2) is 59.1 Å². The highest BCUT2D eigenvalue weighted by molar-refractivity contribution is 9.10. The van der Waals surface area contributed by atoms with Gasteiger partial charge in [-0.15, -0.1) is 11.6 Å². The van der Waals surface area contributed by atoms with Gasteiger partial charge in [0.25, 0.3) is 0 Å². The Morgan fingerprint density at radius 1 is 0.857 bits per heavy atom. The van der Waals surface area contributed by atoms with Gasteiger partial charge in [-0.25, -0.2) is 8.78 Å². The molecule has 0 amide bonds. The Labute approximate surface area is 134 Å². The third kappa shape index (κ3) is 2.81. The maximum atomic E-state index is 14.0. The van der Waals surface area contributed by atoms with Crippen molar-refractivity contribution in [3.8, 4) is 0 Å². The van der Waals surface area contributed by atoms with Crippen LogP contribution in [0.5, 0.6) is 0 Å². The predicted molar refractivity (Wildman–Crippen MR) is 85.7 cm³/mol. The zero-order chi connectivity index (χ0) is 15.0. The molecule has 0 fully saturated rings. The summed E-state index contributed by atoms with van der Waals surface area (Å²) in [5, 5.41) is 1.35. The predicted octanol–water partition coefficient (Wildman–Crippen LogP) is 6.21. The molecule has 0 spiro atoms. The van der Waals surface area contributed by atoms with Gasteiger partial charge in [-0.3, -0.25) is 0 Å². The van der Waals surface area contributed by atoms with E-state index in [1.54, 1.807) is 0 Å². The van der Waals surface area contributed by atoms with Crippen LogP contribution < -0.4 is 0 Å². The zero-order valence-corrected chi connectivity index (χ0v) is 13.1. The molecule has 0 heterocycles. The van der Waals surface area contributed by atoms with Gasteiger partial charge < -0.3 is 0 Å². The van der Waals surface area contributed by atoms with Crippen molar-refractivity contribution in [1.82, 2.24) is 0 Å². The number of benzene rings is 3. The highest BCUT2D eigenvalue weighted by Gasteiger charge is 2.18. The van der Waals surface area contributed by atoms with Crippen molar-refractivity contribution in [2.75, 3.05) is 0 Å². The van der Waals surface area contributed by atoms with Crippen molar-refractivity contribution < 1.29 is 8.78 Å². The van der Waals surface area contributed by atoms with Crippen LogP contribution in [0.2, 0.25) is 0 Å². The van der Waals surface area contributed by atoms with E-state index in [0.29, 0.717) is 0 Å². The molecule has 3 aromatic rings. The lowest BCUT2D eigenvalue weighted by molar-refractivity contribution is 0.582. The molecule has 4 heteroatoms. The summed E-state index contributed by atoms with van der Waals surface area (Å²) >= 11 is 9.30. The van der Waals surface area contributed by atoms with Crippen LogP contribution in [0.4, 0.5) is 8.78 Å². The van der Waals surface area contributed by atoms with E-state index in [0.717, 1.165) is 28.5 Å². The third-order valence-electron chi connectivity index (χ3n) is 3.38. The minimum absolute atomic E-state index is 0.0890. The minimum atomic E-state index is -0.739. The summed E-state index contributed by atoms with van der Waals surface area (Å²) in [4.78, 5) is 0. The summed E-state index contributed by atoms with van der Waals surface area (Å²) < 4.78 is 27.7. The molecule has 0 bridgehead atoms. The molecular weight excluding hydrogens is 358 g/mol. The van der Waals surface area contributed by atoms with Crippen LogP contribution in [-0.2, 0) is 0 Å². The van der Waals surface area contributed by atoms with Crippen LogP contribution >= 0.6 is 27.5 Å². The van der Waals surface area contributed by atoms with Crippen LogP contribution in [0, 0.1) is 11.6 Å². The van der Waals surface area contributed by atoms with E-state index in [-0.39, 0.29) is 10.0 Å². The normalized spacial score (nSPS) is 12.6. The molecule has 1 atom stereocenters. The number of rotatable bonds is 2. The second-order valence-electron chi connectivity index (χ2n) is 4.76. The van der Waals surface area contributed by atoms with E-state index in [9.17, 15) is 8.78 Å². The molecule has 0 aliphatic carbocycles. The van der Waals surface area contributed by atoms with E-state index in [1.165, 1.54) is 0 Å². The van der Waals surface area contributed by atoms with Gasteiger partial charge in [0, 0.05) is 5.56 Å². The Balaban J connectivity index is 2.07. The third-order valence-corrected chi connectivity index (χ3v) is 4.47. The fourth-order valence-corrected chi connectivity index (χ4v) is 2.90. The van der Waals surface area contributed by atoms with E-state index in [1.807, 2.05) is 42.5 Å². The molecular formula is C17H10BrClF2. The Bertz CT molecular complexity index is 817. The molecule has 0 aromatic heterocycles. The molecule has 3 aromatic carbocycles. The highest BCUT2D eigenvalue weighted by atomic mass is 79.9. The summed E-state index contributed by atoms with van der Waals surface area (Å²) in [5.74, 6) is -1.06. The first-order chi connectivity index (χ1) is 10.1. The van der Waals surface area contributed by atoms with Crippen LogP contribution in [-0.4, -0.2) is 0 Å². The molecule has 0 aliphatic rings. The summed E-state index contributed by atoms with van der Waals surface area (Å²) in [5.41, 5.74) is 0.864. The number of hydrogen-bond acceptors (Lipinski definition) is 0. The van der Waals surface area contributed by atoms with Crippen molar-refractivity contribution in [1.29, 1.82) is 0 Å². The van der Waals surface area contributed by atoms with Gasteiger partial charge in [0.15, 0.2) is 0 Å². The Hall–Kier alpha value is -1.45. The van der Waals surface area contributed by atoms with Gasteiger partial charge in [0.05, 0.1) is 9.85 Å². The lowest BCUT2D eigenvalue weighted by Crippen LogP contribution is -1.99. The van der Waals surface area contributed by atoms with Crippen LogP contribution in [0.25, 0.3) is 10.8 Å². The molecule has 106 valence electrons. The monoisotopic (exact) mass is 366 g/mol. The molecule has 3 rings (SSSR count). The molecule has 0 radical (unpaired) electrons. The Kier molecular flexibility index (Phi) is 3.96. The lowest BCUT2D eigenvalue weighted by Gasteiger charge is -2.13. The lowest BCUT2D eigenvalue weighted by atomic mass is 10.0. The smallest absolute Gasteiger partial charge is 0.137 e.